The topological polar surface area (TPSA) is 81.9 Å². The molecular weight excluding hydrogens is 511 g/mol. The first-order valence-electron chi connectivity index (χ1n) is 12.1. The van der Waals surface area contributed by atoms with Crippen LogP contribution in [0.4, 0.5) is 20.6 Å². The number of esters is 1. The number of rotatable bonds is 8. The van der Waals surface area contributed by atoms with Crippen molar-refractivity contribution in [3.05, 3.63) is 88.8 Å². The summed E-state index contributed by atoms with van der Waals surface area (Å²) < 4.78 is 30.9. The molecule has 0 radical (unpaired) electrons. The number of aromatic nitrogens is 1. The first-order valence-corrected chi connectivity index (χ1v) is 12.4. The van der Waals surface area contributed by atoms with E-state index in [-0.39, 0.29) is 31.4 Å². The molecule has 38 heavy (non-hydrogen) atoms. The van der Waals surface area contributed by atoms with Crippen molar-refractivity contribution < 1.29 is 28.0 Å². The number of para-hydroxylation sites is 1. The van der Waals surface area contributed by atoms with E-state index >= 15 is 0 Å². The van der Waals surface area contributed by atoms with Crippen LogP contribution in [0.5, 0.6) is 0 Å². The van der Waals surface area contributed by atoms with Gasteiger partial charge in [-0.3, -0.25) is 4.79 Å². The van der Waals surface area contributed by atoms with Crippen LogP contribution in [0.15, 0.2) is 71.3 Å². The molecule has 1 aromatic heterocycles. The fourth-order valence-electron chi connectivity index (χ4n) is 4.06. The van der Waals surface area contributed by atoms with Gasteiger partial charge in [-0.1, -0.05) is 53.2 Å². The number of ether oxygens (including phenoxy) is 2. The molecule has 4 rings (SSSR count). The smallest absolute Gasteiger partial charge is 0.419 e. The summed E-state index contributed by atoms with van der Waals surface area (Å²) in [6.07, 6.45) is -0.625. The van der Waals surface area contributed by atoms with Gasteiger partial charge in [0.1, 0.15) is 17.2 Å². The van der Waals surface area contributed by atoms with Crippen LogP contribution in [0.2, 0.25) is 5.02 Å². The number of halogens is 2. The van der Waals surface area contributed by atoms with E-state index in [0.717, 1.165) is 0 Å². The molecular formula is C29H26ClFN2O5. The first-order chi connectivity index (χ1) is 18.3. The van der Waals surface area contributed by atoms with Gasteiger partial charge in [0.2, 0.25) is 0 Å². The van der Waals surface area contributed by atoms with Gasteiger partial charge in [-0.2, -0.15) is 0 Å². The second-order valence-corrected chi connectivity index (χ2v) is 8.72. The molecule has 1 heterocycles. The zero-order valence-electron chi connectivity index (χ0n) is 21.2. The molecule has 0 fully saturated rings. The summed E-state index contributed by atoms with van der Waals surface area (Å²) in [6, 6.07) is 18.3. The normalized spacial score (nSPS) is 10.8. The van der Waals surface area contributed by atoms with Crippen molar-refractivity contribution in [1.82, 2.24) is 5.16 Å². The summed E-state index contributed by atoms with van der Waals surface area (Å²) in [4.78, 5) is 26.4. The highest BCUT2D eigenvalue weighted by atomic mass is 35.5. The number of anilines is 2. The van der Waals surface area contributed by atoms with E-state index in [1.807, 2.05) is 0 Å². The maximum Gasteiger partial charge on any atom is 0.419 e. The average molecular weight is 537 g/mol. The van der Waals surface area contributed by atoms with Crippen molar-refractivity contribution in [3.8, 4) is 22.5 Å². The Bertz CT molecular complexity index is 1470. The Morgan fingerprint density at radius 2 is 1.71 bits per heavy atom. The molecule has 0 bridgehead atoms. The Labute approximate surface area is 224 Å². The van der Waals surface area contributed by atoms with E-state index in [9.17, 15) is 14.0 Å². The molecule has 1 amide bonds. The van der Waals surface area contributed by atoms with E-state index in [1.54, 1.807) is 81.4 Å². The van der Waals surface area contributed by atoms with Gasteiger partial charge in [-0.25, -0.2) is 14.1 Å². The largest absolute Gasteiger partial charge is 0.466 e. The van der Waals surface area contributed by atoms with Gasteiger partial charge in [0.25, 0.3) is 0 Å². The SMILES string of the molecule is CCOC(=O)Cc1ccc(F)c(-c2cccc(-c3onc(C)c3N(C(=O)OCC)c3ccccc3Cl)c2)c1. The van der Waals surface area contributed by atoms with E-state index in [4.69, 9.17) is 25.6 Å². The minimum Gasteiger partial charge on any atom is -0.466 e. The fraction of sp³-hybridized carbons (Fsp3) is 0.207. The zero-order valence-corrected chi connectivity index (χ0v) is 21.9. The molecule has 7 nitrogen and oxygen atoms in total. The molecule has 4 aromatic rings. The quantitative estimate of drug-likeness (QED) is 0.217. The minimum absolute atomic E-state index is 0.0264. The number of carbonyl (C=O) groups excluding carboxylic acids is 2. The van der Waals surface area contributed by atoms with Crippen LogP contribution in [-0.2, 0) is 20.7 Å². The van der Waals surface area contributed by atoms with E-state index < -0.39 is 11.9 Å². The van der Waals surface area contributed by atoms with Crippen LogP contribution in [0.3, 0.4) is 0 Å². The second-order valence-electron chi connectivity index (χ2n) is 8.31. The maximum absolute atomic E-state index is 14.9. The van der Waals surface area contributed by atoms with E-state index in [0.29, 0.717) is 44.3 Å². The van der Waals surface area contributed by atoms with Gasteiger partial charge in [0, 0.05) is 11.1 Å². The van der Waals surface area contributed by atoms with Crippen LogP contribution in [0.1, 0.15) is 25.1 Å². The molecule has 9 heteroatoms. The molecule has 0 atom stereocenters. The van der Waals surface area contributed by atoms with Crippen molar-refractivity contribution >= 4 is 35.0 Å². The summed E-state index contributed by atoms with van der Waals surface area (Å²) in [7, 11) is 0. The molecule has 0 spiro atoms. The zero-order chi connectivity index (χ0) is 27.2. The summed E-state index contributed by atoms with van der Waals surface area (Å²) in [6.45, 7) is 5.56. The number of aryl methyl sites for hydroxylation is 1. The molecule has 0 saturated carbocycles. The number of hydrogen-bond acceptors (Lipinski definition) is 6. The second kappa shape index (κ2) is 11.9. The lowest BCUT2D eigenvalue weighted by atomic mass is 9.98. The highest BCUT2D eigenvalue weighted by Gasteiger charge is 2.30. The van der Waals surface area contributed by atoms with Crippen molar-refractivity contribution in [1.29, 1.82) is 0 Å². The van der Waals surface area contributed by atoms with Crippen LogP contribution in [0.25, 0.3) is 22.5 Å². The lowest BCUT2D eigenvalue weighted by Gasteiger charge is -2.23. The maximum atomic E-state index is 14.9. The van der Waals surface area contributed by atoms with Gasteiger partial charge in [-0.05, 0) is 62.2 Å². The number of carbonyl (C=O) groups is 2. The predicted octanol–water partition coefficient (Wildman–Crippen LogP) is 7.51. The lowest BCUT2D eigenvalue weighted by molar-refractivity contribution is -0.142. The highest BCUT2D eigenvalue weighted by Crippen LogP contribution is 2.41. The van der Waals surface area contributed by atoms with Crippen LogP contribution in [-0.4, -0.2) is 30.4 Å². The summed E-state index contributed by atoms with van der Waals surface area (Å²) in [5.41, 5.74) is 3.20. The number of amides is 1. The van der Waals surface area contributed by atoms with Gasteiger partial charge in [0.05, 0.1) is 30.3 Å². The van der Waals surface area contributed by atoms with Crippen molar-refractivity contribution in [3.63, 3.8) is 0 Å². The Hall–Kier alpha value is -4.17. The first kappa shape index (κ1) is 26.9. The van der Waals surface area contributed by atoms with Gasteiger partial charge in [-0.15, -0.1) is 0 Å². The third-order valence-electron chi connectivity index (χ3n) is 5.72. The number of hydrogen-bond donors (Lipinski definition) is 0. The number of benzene rings is 3. The van der Waals surface area contributed by atoms with Crippen LogP contribution < -0.4 is 4.90 Å². The van der Waals surface area contributed by atoms with Crippen molar-refractivity contribution in [2.75, 3.05) is 18.1 Å². The Morgan fingerprint density at radius 1 is 0.974 bits per heavy atom. The van der Waals surface area contributed by atoms with Crippen LogP contribution >= 0.6 is 11.6 Å². The Kier molecular flexibility index (Phi) is 8.43. The molecule has 0 unspecified atom stereocenters. The molecule has 0 aliphatic carbocycles. The van der Waals surface area contributed by atoms with Gasteiger partial charge in [0.15, 0.2) is 5.76 Å². The fourth-order valence-corrected chi connectivity index (χ4v) is 4.28. The van der Waals surface area contributed by atoms with Crippen LogP contribution in [0, 0.1) is 12.7 Å². The van der Waals surface area contributed by atoms with E-state index in [2.05, 4.69) is 5.16 Å². The average Bonchev–Trinajstić information content (AvgIpc) is 3.28. The predicted molar refractivity (Wildman–Crippen MR) is 143 cm³/mol. The summed E-state index contributed by atoms with van der Waals surface area (Å²) in [5.74, 6) is -0.562. The Morgan fingerprint density at radius 3 is 2.45 bits per heavy atom. The molecule has 0 saturated heterocycles. The molecule has 0 aliphatic heterocycles. The van der Waals surface area contributed by atoms with Crippen molar-refractivity contribution in [2.45, 2.75) is 27.2 Å². The standard InChI is InChI=1S/C29H26ClFN2O5/c1-4-36-26(34)16-19-13-14-24(31)22(15-19)20-9-8-10-21(17-20)28-27(18(3)32-38-28)33(29(35)37-5-2)25-12-7-6-11-23(25)30/h6-15,17H,4-5,16H2,1-3H3. The van der Waals surface area contributed by atoms with Crippen molar-refractivity contribution in [2.24, 2.45) is 0 Å². The molecule has 0 N–H and O–H groups in total. The third kappa shape index (κ3) is 5.70. The van der Waals surface area contributed by atoms with E-state index in [1.165, 1.54) is 11.0 Å². The van der Waals surface area contributed by atoms with Gasteiger partial charge >= 0.3 is 12.1 Å². The third-order valence-corrected chi connectivity index (χ3v) is 6.04. The lowest BCUT2D eigenvalue weighted by Crippen LogP contribution is -2.27. The minimum atomic E-state index is -0.651. The summed E-state index contributed by atoms with van der Waals surface area (Å²) >= 11 is 6.45. The molecule has 0 aliphatic rings. The Balaban J connectivity index is 1.80. The monoisotopic (exact) mass is 536 g/mol. The molecule has 196 valence electrons. The number of nitrogens with zero attached hydrogens (tertiary/aromatic N) is 2. The van der Waals surface area contributed by atoms with Gasteiger partial charge < -0.3 is 14.0 Å². The summed E-state index contributed by atoms with van der Waals surface area (Å²) in [5, 5.41) is 4.44. The molecule has 3 aromatic carbocycles. The highest BCUT2D eigenvalue weighted by molar-refractivity contribution is 6.34.